The average molecular weight is 378 g/mol. The number of nitrogens with two attached hydrogens (primary N) is 1. The predicted molar refractivity (Wildman–Crippen MR) is 106 cm³/mol. The van der Waals surface area contributed by atoms with Crippen molar-refractivity contribution in [3.05, 3.63) is 54.6 Å². The molecule has 0 aliphatic heterocycles. The molecule has 0 radical (unpaired) electrons. The van der Waals surface area contributed by atoms with Gasteiger partial charge in [0.05, 0.1) is 5.92 Å². The molecule has 0 aliphatic carbocycles. The monoisotopic (exact) mass is 377 g/mol. The van der Waals surface area contributed by atoms with Gasteiger partial charge >= 0.3 is 0 Å². The van der Waals surface area contributed by atoms with Gasteiger partial charge in [-0.2, -0.15) is 0 Å². The molecule has 0 bridgehead atoms. The topological polar surface area (TPSA) is 93.5 Å². The van der Waals surface area contributed by atoms with Crippen molar-refractivity contribution in [2.24, 2.45) is 11.7 Å². The van der Waals surface area contributed by atoms with Crippen LogP contribution in [0.3, 0.4) is 0 Å². The number of hydrogen-bond acceptors (Lipinski definition) is 4. The number of para-hydroxylation sites is 1. The molecular formula is C19H24ClN3O3. The first-order chi connectivity index (χ1) is 12.0. The molecule has 2 unspecified atom stereocenters. The molecule has 2 atom stereocenters. The summed E-state index contributed by atoms with van der Waals surface area (Å²) in [5.74, 6) is -0.226. The van der Waals surface area contributed by atoms with Crippen molar-refractivity contribution in [1.82, 2.24) is 0 Å². The first-order valence-electron chi connectivity index (χ1n) is 8.10. The normalized spacial score (nSPS) is 12.3. The molecule has 0 fully saturated rings. The molecule has 2 amide bonds. The molecule has 7 heteroatoms. The summed E-state index contributed by atoms with van der Waals surface area (Å²) in [6.45, 7) is 3.44. The van der Waals surface area contributed by atoms with E-state index < -0.39 is 0 Å². The summed E-state index contributed by atoms with van der Waals surface area (Å²) in [5.41, 5.74) is 7.04. The second-order valence-corrected chi connectivity index (χ2v) is 5.87. The van der Waals surface area contributed by atoms with Gasteiger partial charge in [-0.3, -0.25) is 9.59 Å². The molecule has 140 valence electrons. The zero-order valence-electron chi connectivity index (χ0n) is 14.8. The fraction of sp³-hybridized carbons (Fsp3) is 0.263. The zero-order valence-corrected chi connectivity index (χ0v) is 15.6. The third-order valence-corrected chi connectivity index (χ3v) is 3.73. The number of carbonyl (C=O) groups excluding carboxylic acids is 2. The highest BCUT2D eigenvalue weighted by Crippen LogP contribution is 2.18. The quantitative estimate of drug-likeness (QED) is 0.691. The van der Waals surface area contributed by atoms with Crippen molar-refractivity contribution in [3.8, 4) is 5.75 Å². The summed E-state index contributed by atoms with van der Waals surface area (Å²) in [7, 11) is 0. The van der Waals surface area contributed by atoms with Gasteiger partial charge in [0.25, 0.3) is 5.91 Å². The highest BCUT2D eigenvalue weighted by molar-refractivity contribution is 5.93. The van der Waals surface area contributed by atoms with Gasteiger partial charge in [-0.25, -0.2) is 0 Å². The Bertz CT molecular complexity index is 723. The lowest BCUT2D eigenvalue weighted by atomic mass is 10.0. The zero-order chi connectivity index (χ0) is 18.2. The van der Waals surface area contributed by atoms with E-state index in [1.165, 1.54) is 0 Å². The Labute approximate surface area is 159 Å². The highest BCUT2D eigenvalue weighted by atomic mass is 35.5. The molecule has 6 nitrogen and oxygen atoms in total. The Morgan fingerprint density at radius 1 is 1.00 bits per heavy atom. The van der Waals surface area contributed by atoms with Crippen molar-refractivity contribution >= 4 is 35.6 Å². The first kappa shape index (κ1) is 21.5. The Morgan fingerprint density at radius 2 is 1.65 bits per heavy atom. The van der Waals surface area contributed by atoms with Gasteiger partial charge in [-0.15, -0.1) is 12.4 Å². The third kappa shape index (κ3) is 6.74. The SMILES string of the molecule is CC(N)C(C)C(=O)Nc1cccc(OCC(=O)Nc2ccccc2)c1.Cl. The summed E-state index contributed by atoms with van der Waals surface area (Å²) in [4.78, 5) is 23.9. The number of nitrogens with one attached hydrogen (secondary N) is 2. The van der Waals surface area contributed by atoms with Crippen LogP contribution in [0.2, 0.25) is 0 Å². The molecule has 2 aromatic carbocycles. The molecule has 0 heterocycles. The summed E-state index contributed by atoms with van der Waals surface area (Å²) in [6.07, 6.45) is 0. The van der Waals surface area contributed by atoms with Gasteiger partial charge in [0.1, 0.15) is 5.75 Å². The second kappa shape index (κ2) is 10.4. The van der Waals surface area contributed by atoms with Crippen LogP contribution in [0.4, 0.5) is 11.4 Å². The Hall–Kier alpha value is -2.57. The lowest BCUT2D eigenvalue weighted by Crippen LogP contribution is -2.34. The number of ether oxygens (including phenoxy) is 1. The van der Waals surface area contributed by atoms with Crippen LogP contribution in [0, 0.1) is 5.92 Å². The van der Waals surface area contributed by atoms with E-state index in [1.807, 2.05) is 18.2 Å². The largest absolute Gasteiger partial charge is 0.484 e. The number of halogens is 1. The molecule has 2 rings (SSSR count). The smallest absolute Gasteiger partial charge is 0.262 e. The number of rotatable bonds is 7. The molecule has 2 aromatic rings. The van der Waals surface area contributed by atoms with E-state index in [4.69, 9.17) is 10.5 Å². The second-order valence-electron chi connectivity index (χ2n) is 5.87. The van der Waals surface area contributed by atoms with E-state index in [-0.39, 0.29) is 42.8 Å². The van der Waals surface area contributed by atoms with Crippen molar-refractivity contribution in [1.29, 1.82) is 0 Å². The maximum atomic E-state index is 12.0. The lowest BCUT2D eigenvalue weighted by Gasteiger charge is -2.15. The number of anilines is 2. The molecule has 0 spiro atoms. The highest BCUT2D eigenvalue weighted by Gasteiger charge is 2.17. The first-order valence-corrected chi connectivity index (χ1v) is 8.10. The minimum absolute atomic E-state index is 0. The van der Waals surface area contributed by atoms with Crippen molar-refractivity contribution in [2.45, 2.75) is 19.9 Å². The van der Waals surface area contributed by atoms with Gasteiger partial charge in [-0.05, 0) is 31.2 Å². The van der Waals surface area contributed by atoms with Crippen LogP contribution in [-0.4, -0.2) is 24.5 Å². The van der Waals surface area contributed by atoms with Crippen molar-refractivity contribution < 1.29 is 14.3 Å². The number of hydrogen-bond donors (Lipinski definition) is 3. The van der Waals surface area contributed by atoms with Crippen LogP contribution >= 0.6 is 12.4 Å². The van der Waals surface area contributed by atoms with E-state index in [2.05, 4.69) is 10.6 Å². The maximum absolute atomic E-state index is 12.0. The molecule has 0 saturated carbocycles. The number of carbonyl (C=O) groups is 2. The van der Waals surface area contributed by atoms with Gasteiger partial charge in [0.15, 0.2) is 6.61 Å². The molecular weight excluding hydrogens is 354 g/mol. The van der Waals surface area contributed by atoms with Crippen molar-refractivity contribution in [3.63, 3.8) is 0 Å². The summed E-state index contributed by atoms with van der Waals surface area (Å²) < 4.78 is 5.48. The summed E-state index contributed by atoms with van der Waals surface area (Å²) >= 11 is 0. The average Bonchev–Trinajstić information content (AvgIpc) is 2.60. The minimum atomic E-state index is -0.304. The molecule has 0 aromatic heterocycles. The Balaban J connectivity index is 0.00000338. The molecule has 0 aliphatic rings. The van der Waals surface area contributed by atoms with Crippen LogP contribution in [-0.2, 0) is 9.59 Å². The molecule has 0 saturated heterocycles. The van der Waals surface area contributed by atoms with E-state index in [0.717, 1.165) is 0 Å². The van der Waals surface area contributed by atoms with Crippen LogP contribution in [0.25, 0.3) is 0 Å². The van der Waals surface area contributed by atoms with E-state index in [1.54, 1.807) is 50.2 Å². The third-order valence-electron chi connectivity index (χ3n) is 3.73. The van der Waals surface area contributed by atoms with Gasteiger partial charge in [-0.1, -0.05) is 31.2 Å². The lowest BCUT2D eigenvalue weighted by molar-refractivity contribution is -0.120. The maximum Gasteiger partial charge on any atom is 0.262 e. The van der Waals surface area contributed by atoms with E-state index in [0.29, 0.717) is 17.1 Å². The fourth-order valence-electron chi connectivity index (χ4n) is 2.03. The summed E-state index contributed by atoms with van der Waals surface area (Å²) in [5, 5.41) is 5.53. The number of amides is 2. The van der Waals surface area contributed by atoms with Crippen LogP contribution in [0.15, 0.2) is 54.6 Å². The standard InChI is InChI=1S/C19H23N3O3.ClH/c1-13(14(2)20)19(24)22-16-9-6-10-17(11-16)25-12-18(23)21-15-7-4-3-5-8-15;/h3-11,13-14H,12,20H2,1-2H3,(H,21,23)(H,22,24);1H. The van der Waals surface area contributed by atoms with Crippen molar-refractivity contribution in [2.75, 3.05) is 17.2 Å². The van der Waals surface area contributed by atoms with E-state index >= 15 is 0 Å². The van der Waals surface area contributed by atoms with Crippen LogP contribution < -0.4 is 21.1 Å². The van der Waals surface area contributed by atoms with Crippen LogP contribution in [0.5, 0.6) is 5.75 Å². The Morgan fingerprint density at radius 3 is 2.31 bits per heavy atom. The van der Waals surface area contributed by atoms with Gasteiger partial charge in [0.2, 0.25) is 5.91 Å². The molecule has 26 heavy (non-hydrogen) atoms. The van der Waals surface area contributed by atoms with E-state index in [9.17, 15) is 9.59 Å². The predicted octanol–water partition coefficient (Wildman–Crippen LogP) is 3.05. The Kier molecular flexibility index (Phi) is 8.61. The number of benzene rings is 2. The van der Waals surface area contributed by atoms with Gasteiger partial charge < -0.3 is 21.1 Å². The minimum Gasteiger partial charge on any atom is -0.484 e. The summed E-state index contributed by atoms with van der Waals surface area (Å²) in [6, 6.07) is 15.8. The molecule has 4 N–H and O–H groups in total. The van der Waals surface area contributed by atoms with Gasteiger partial charge in [0, 0.05) is 23.5 Å². The fourth-order valence-corrected chi connectivity index (χ4v) is 2.03. The van der Waals surface area contributed by atoms with Crippen LogP contribution in [0.1, 0.15) is 13.8 Å².